The molecule has 10 heavy (non-hydrogen) atoms. The molecule has 0 saturated heterocycles. The van der Waals surface area contributed by atoms with Gasteiger partial charge < -0.3 is 4.42 Å². The fourth-order valence-corrected chi connectivity index (χ4v) is 0.895. The highest BCUT2D eigenvalue weighted by atomic mass is 16.3. The Bertz CT molecular complexity index is 198. The summed E-state index contributed by atoms with van der Waals surface area (Å²) in [6.07, 6.45) is 0.993. The third-order valence-corrected chi connectivity index (χ3v) is 1.60. The highest BCUT2D eigenvalue weighted by Crippen LogP contribution is 2.17. The zero-order valence-corrected chi connectivity index (χ0v) is 6.85. The van der Waals surface area contributed by atoms with Crippen molar-refractivity contribution in [2.24, 2.45) is 0 Å². The van der Waals surface area contributed by atoms with Crippen molar-refractivity contribution in [3.05, 3.63) is 23.7 Å². The summed E-state index contributed by atoms with van der Waals surface area (Å²) in [5.41, 5.74) is 0. The summed E-state index contributed by atoms with van der Waals surface area (Å²) in [6.45, 7) is 6.37. The number of hydrogen-bond acceptors (Lipinski definition) is 1. The molecule has 1 heterocycles. The molecular formula is C9H14O. The molecule has 0 aliphatic heterocycles. The standard InChI is InChI=1S/C9H14O/c1-4-8-5-6-9(10-8)7(2)3/h5-7H,4H2,1-3H3. The molecule has 0 aliphatic carbocycles. The Balaban J connectivity index is 2.78. The van der Waals surface area contributed by atoms with Crippen molar-refractivity contribution in [2.45, 2.75) is 33.1 Å². The van der Waals surface area contributed by atoms with Gasteiger partial charge in [0.2, 0.25) is 0 Å². The molecule has 0 aliphatic rings. The second-order valence-electron chi connectivity index (χ2n) is 2.81. The molecule has 1 rings (SSSR count). The van der Waals surface area contributed by atoms with E-state index in [0.717, 1.165) is 17.9 Å². The first-order valence-corrected chi connectivity index (χ1v) is 3.82. The van der Waals surface area contributed by atoms with Crippen LogP contribution in [0.3, 0.4) is 0 Å². The Morgan fingerprint density at radius 3 is 2.40 bits per heavy atom. The Hall–Kier alpha value is -0.720. The molecule has 0 spiro atoms. The van der Waals surface area contributed by atoms with Gasteiger partial charge in [-0.2, -0.15) is 0 Å². The minimum atomic E-state index is 0.514. The minimum Gasteiger partial charge on any atom is -0.466 e. The van der Waals surface area contributed by atoms with Crippen LogP contribution in [0, 0.1) is 0 Å². The van der Waals surface area contributed by atoms with Crippen LogP contribution in [0.25, 0.3) is 0 Å². The summed E-state index contributed by atoms with van der Waals surface area (Å²) in [6, 6.07) is 4.11. The smallest absolute Gasteiger partial charge is 0.106 e. The van der Waals surface area contributed by atoms with Gasteiger partial charge in [0.1, 0.15) is 11.5 Å². The molecule has 1 heteroatoms. The second-order valence-corrected chi connectivity index (χ2v) is 2.81. The number of aryl methyl sites for hydroxylation is 1. The number of hydrogen-bond donors (Lipinski definition) is 0. The van der Waals surface area contributed by atoms with Gasteiger partial charge >= 0.3 is 0 Å². The van der Waals surface area contributed by atoms with Gasteiger partial charge in [0.15, 0.2) is 0 Å². The average Bonchev–Trinajstić information content (AvgIpc) is 2.34. The first kappa shape index (κ1) is 7.39. The van der Waals surface area contributed by atoms with Crippen LogP contribution in [-0.4, -0.2) is 0 Å². The number of furan rings is 1. The van der Waals surface area contributed by atoms with Gasteiger partial charge in [-0.3, -0.25) is 0 Å². The summed E-state index contributed by atoms with van der Waals surface area (Å²) >= 11 is 0. The van der Waals surface area contributed by atoms with Crippen LogP contribution < -0.4 is 0 Å². The first-order valence-electron chi connectivity index (χ1n) is 3.82. The van der Waals surface area contributed by atoms with Gasteiger partial charge in [0, 0.05) is 12.3 Å². The first-order chi connectivity index (χ1) is 4.74. The van der Waals surface area contributed by atoms with Crippen molar-refractivity contribution < 1.29 is 4.42 Å². The quantitative estimate of drug-likeness (QED) is 0.612. The zero-order valence-electron chi connectivity index (χ0n) is 6.85. The van der Waals surface area contributed by atoms with Crippen molar-refractivity contribution in [2.75, 3.05) is 0 Å². The van der Waals surface area contributed by atoms with Crippen LogP contribution in [0.4, 0.5) is 0 Å². The SMILES string of the molecule is CCc1ccc(C(C)C)o1. The lowest BCUT2D eigenvalue weighted by molar-refractivity contribution is 0.451. The largest absolute Gasteiger partial charge is 0.466 e. The van der Waals surface area contributed by atoms with Crippen LogP contribution in [0.5, 0.6) is 0 Å². The molecule has 0 radical (unpaired) electrons. The van der Waals surface area contributed by atoms with Crippen molar-refractivity contribution in [3.63, 3.8) is 0 Å². The molecule has 1 aromatic rings. The summed E-state index contributed by atoms with van der Waals surface area (Å²) in [5, 5.41) is 0. The maximum atomic E-state index is 5.49. The summed E-state index contributed by atoms with van der Waals surface area (Å²) < 4.78 is 5.49. The predicted octanol–water partition coefficient (Wildman–Crippen LogP) is 2.97. The molecule has 1 aromatic heterocycles. The molecule has 0 amide bonds. The van der Waals surface area contributed by atoms with E-state index < -0.39 is 0 Å². The van der Waals surface area contributed by atoms with E-state index in [1.54, 1.807) is 0 Å². The fourth-order valence-electron chi connectivity index (χ4n) is 0.895. The van der Waals surface area contributed by atoms with E-state index in [4.69, 9.17) is 4.42 Å². The third kappa shape index (κ3) is 1.41. The lowest BCUT2D eigenvalue weighted by Gasteiger charge is -1.97. The van der Waals surface area contributed by atoms with E-state index in [-0.39, 0.29) is 0 Å². The monoisotopic (exact) mass is 138 g/mol. The van der Waals surface area contributed by atoms with E-state index >= 15 is 0 Å². The molecule has 0 N–H and O–H groups in total. The van der Waals surface area contributed by atoms with Crippen molar-refractivity contribution in [1.82, 2.24) is 0 Å². The third-order valence-electron chi connectivity index (χ3n) is 1.60. The average molecular weight is 138 g/mol. The van der Waals surface area contributed by atoms with Gasteiger partial charge in [0.25, 0.3) is 0 Å². The van der Waals surface area contributed by atoms with Crippen LogP contribution in [0.2, 0.25) is 0 Å². The Kier molecular flexibility index (Phi) is 2.15. The molecule has 0 bridgehead atoms. The molecule has 0 saturated carbocycles. The minimum absolute atomic E-state index is 0.514. The molecule has 0 unspecified atom stereocenters. The predicted molar refractivity (Wildman–Crippen MR) is 42.2 cm³/mol. The lowest BCUT2D eigenvalue weighted by atomic mass is 10.2. The van der Waals surface area contributed by atoms with Crippen LogP contribution >= 0.6 is 0 Å². The van der Waals surface area contributed by atoms with E-state index in [1.165, 1.54) is 0 Å². The molecule has 0 aromatic carbocycles. The van der Waals surface area contributed by atoms with Crippen molar-refractivity contribution >= 4 is 0 Å². The highest BCUT2D eigenvalue weighted by molar-refractivity contribution is 5.09. The van der Waals surface area contributed by atoms with Gasteiger partial charge in [-0.15, -0.1) is 0 Å². The highest BCUT2D eigenvalue weighted by Gasteiger charge is 2.02. The molecule has 0 fully saturated rings. The maximum Gasteiger partial charge on any atom is 0.106 e. The van der Waals surface area contributed by atoms with Crippen LogP contribution in [-0.2, 0) is 6.42 Å². The zero-order chi connectivity index (χ0) is 7.56. The van der Waals surface area contributed by atoms with Gasteiger partial charge in [0.05, 0.1) is 0 Å². The second kappa shape index (κ2) is 2.91. The molecule has 56 valence electrons. The fraction of sp³-hybridized carbons (Fsp3) is 0.556. The van der Waals surface area contributed by atoms with Crippen molar-refractivity contribution in [1.29, 1.82) is 0 Å². The lowest BCUT2D eigenvalue weighted by Crippen LogP contribution is -1.80. The Labute approximate surface area is 62.1 Å². The normalized spacial score (nSPS) is 10.8. The molecule has 1 nitrogen and oxygen atoms in total. The van der Waals surface area contributed by atoms with Crippen molar-refractivity contribution in [3.8, 4) is 0 Å². The van der Waals surface area contributed by atoms with E-state index in [1.807, 2.05) is 0 Å². The Morgan fingerprint density at radius 2 is 2.10 bits per heavy atom. The Morgan fingerprint density at radius 1 is 1.40 bits per heavy atom. The van der Waals surface area contributed by atoms with E-state index in [2.05, 4.69) is 32.9 Å². The number of rotatable bonds is 2. The van der Waals surface area contributed by atoms with Crippen LogP contribution in [0.1, 0.15) is 38.2 Å². The topological polar surface area (TPSA) is 13.1 Å². The summed E-state index contributed by atoms with van der Waals surface area (Å²) in [5.74, 6) is 2.70. The maximum absolute atomic E-state index is 5.49. The molecular weight excluding hydrogens is 124 g/mol. The van der Waals surface area contributed by atoms with Gasteiger partial charge in [-0.25, -0.2) is 0 Å². The summed E-state index contributed by atoms with van der Waals surface area (Å²) in [7, 11) is 0. The van der Waals surface area contributed by atoms with Gasteiger partial charge in [-0.05, 0) is 12.1 Å². The van der Waals surface area contributed by atoms with Gasteiger partial charge in [-0.1, -0.05) is 20.8 Å². The molecule has 0 atom stereocenters. The van der Waals surface area contributed by atoms with E-state index in [9.17, 15) is 0 Å². The van der Waals surface area contributed by atoms with E-state index in [0.29, 0.717) is 5.92 Å². The summed E-state index contributed by atoms with van der Waals surface area (Å²) in [4.78, 5) is 0. The van der Waals surface area contributed by atoms with Crippen LogP contribution in [0.15, 0.2) is 16.5 Å².